The summed E-state index contributed by atoms with van der Waals surface area (Å²) in [6, 6.07) is 0. The summed E-state index contributed by atoms with van der Waals surface area (Å²) in [4.78, 5) is 15.6. The maximum absolute atomic E-state index is 11.6. The van der Waals surface area contributed by atoms with Crippen molar-refractivity contribution in [2.45, 2.75) is 44.7 Å². The zero-order valence-electron chi connectivity index (χ0n) is 9.45. The van der Waals surface area contributed by atoms with Gasteiger partial charge < -0.3 is 15.5 Å². The first kappa shape index (κ1) is 11.1. The number of nitrogens with one attached hydrogen (secondary N) is 1. The van der Waals surface area contributed by atoms with Gasteiger partial charge in [0, 0.05) is 12.0 Å². The molecule has 1 heterocycles. The number of amides is 1. The minimum atomic E-state index is -0.267. The van der Waals surface area contributed by atoms with Gasteiger partial charge in [0.15, 0.2) is 0 Å². The lowest BCUT2D eigenvalue weighted by atomic mass is 9.75. The van der Waals surface area contributed by atoms with E-state index in [0.717, 1.165) is 25.0 Å². The molecule has 3 N–H and O–H groups in total. The van der Waals surface area contributed by atoms with Crippen LogP contribution in [0.2, 0.25) is 0 Å². The first-order valence-corrected chi connectivity index (χ1v) is 5.54. The molecule has 0 unspecified atom stereocenters. The van der Waals surface area contributed by atoms with Crippen molar-refractivity contribution < 1.29 is 9.21 Å². The first-order chi connectivity index (χ1) is 7.57. The molecule has 5 heteroatoms. The monoisotopic (exact) mass is 223 g/mol. The standard InChI is InChI=1S/C11H17N3O2/c1-8-6-14-10(16-8)7-13-9(15)5-11(12)3-2-4-11/h6H,2-5,7,12H2,1H3,(H,13,15). The summed E-state index contributed by atoms with van der Waals surface area (Å²) in [6.45, 7) is 2.16. The second kappa shape index (κ2) is 4.25. The molecular weight excluding hydrogens is 206 g/mol. The molecule has 1 aromatic rings. The van der Waals surface area contributed by atoms with Gasteiger partial charge in [0.25, 0.3) is 0 Å². The van der Waals surface area contributed by atoms with Gasteiger partial charge in [-0.1, -0.05) is 0 Å². The molecule has 1 aliphatic rings. The molecule has 1 aliphatic carbocycles. The Labute approximate surface area is 94.4 Å². The third-order valence-corrected chi connectivity index (χ3v) is 2.97. The van der Waals surface area contributed by atoms with Crippen molar-refractivity contribution >= 4 is 5.91 Å². The number of nitrogens with two attached hydrogens (primary N) is 1. The first-order valence-electron chi connectivity index (χ1n) is 5.54. The summed E-state index contributed by atoms with van der Waals surface area (Å²) in [5.74, 6) is 1.25. The number of hydrogen-bond donors (Lipinski definition) is 2. The molecule has 88 valence electrons. The normalized spacial score (nSPS) is 17.9. The number of oxazole rings is 1. The van der Waals surface area contributed by atoms with Crippen LogP contribution in [0.1, 0.15) is 37.3 Å². The lowest BCUT2D eigenvalue weighted by Crippen LogP contribution is -2.49. The quantitative estimate of drug-likeness (QED) is 0.793. The van der Waals surface area contributed by atoms with Gasteiger partial charge in [-0.3, -0.25) is 4.79 Å². The van der Waals surface area contributed by atoms with E-state index in [4.69, 9.17) is 10.2 Å². The van der Waals surface area contributed by atoms with E-state index >= 15 is 0 Å². The Bertz CT molecular complexity index is 382. The fraction of sp³-hybridized carbons (Fsp3) is 0.636. The molecule has 2 rings (SSSR count). The Hall–Kier alpha value is -1.36. The van der Waals surface area contributed by atoms with Crippen molar-refractivity contribution in [1.29, 1.82) is 0 Å². The van der Waals surface area contributed by atoms with E-state index in [1.807, 2.05) is 6.92 Å². The maximum Gasteiger partial charge on any atom is 0.222 e. The van der Waals surface area contributed by atoms with Crippen molar-refractivity contribution in [3.05, 3.63) is 17.8 Å². The van der Waals surface area contributed by atoms with E-state index in [9.17, 15) is 4.79 Å². The predicted molar refractivity (Wildman–Crippen MR) is 58.5 cm³/mol. The number of hydrogen-bond acceptors (Lipinski definition) is 4. The molecule has 1 fully saturated rings. The van der Waals surface area contributed by atoms with E-state index < -0.39 is 0 Å². The highest BCUT2D eigenvalue weighted by Crippen LogP contribution is 2.31. The van der Waals surface area contributed by atoms with Crippen LogP contribution in [0.5, 0.6) is 0 Å². The molecule has 16 heavy (non-hydrogen) atoms. The van der Waals surface area contributed by atoms with Crippen LogP contribution in [0.3, 0.4) is 0 Å². The van der Waals surface area contributed by atoms with E-state index in [2.05, 4.69) is 10.3 Å². The summed E-state index contributed by atoms with van der Waals surface area (Å²) in [5.41, 5.74) is 5.71. The van der Waals surface area contributed by atoms with E-state index in [-0.39, 0.29) is 11.4 Å². The third kappa shape index (κ3) is 2.61. The molecule has 0 radical (unpaired) electrons. The smallest absolute Gasteiger partial charge is 0.222 e. The van der Waals surface area contributed by atoms with E-state index in [0.29, 0.717) is 18.9 Å². The molecule has 1 amide bonds. The maximum atomic E-state index is 11.6. The van der Waals surface area contributed by atoms with E-state index in [1.54, 1.807) is 6.20 Å². The van der Waals surface area contributed by atoms with Crippen LogP contribution in [0.4, 0.5) is 0 Å². The van der Waals surface area contributed by atoms with Gasteiger partial charge in [0.05, 0.1) is 12.7 Å². The molecule has 0 spiro atoms. The van der Waals surface area contributed by atoms with Crippen molar-refractivity contribution in [3.8, 4) is 0 Å². The highest BCUT2D eigenvalue weighted by atomic mass is 16.4. The predicted octanol–water partition coefficient (Wildman–Crippen LogP) is 0.871. The molecule has 0 saturated heterocycles. The van der Waals surface area contributed by atoms with Crippen molar-refractivity contribution in [3.63, 3.8) is 0 Å². The second-order valence-electron chi connectivity index (χ2n) is 4.53. The lowest BCUT2D eigenvalue weighted by molar-refractivity contribution is -0.123. The number of rotatable bonds is 4. The minimum absolute atomic E-state index is 0.0296. The molecule has 0 aliphatic heterocycles. The summed E-state index contributed by atoms with van der Waals surface area (Å²) < 4.78 is 5.25. The van der Waals surface area contributed by atoms with Gasteiger partial charge in [0.1, 0.15) is 5.76 Å². The zero-order valence-corrected chi connectivity index (χ0v) is 9.45. The number of nitrogens with zero attached hydrogens (tertiary/aromatic N) is 1. The average molecular weight is 223 g/mol. The summed E-state index contributed by atoms with van der Waals surface area (Å²) in [7, 11) is 0. The molecular formula is C11H17N3O2. The summed E-state index contributed by atoms with van der Waals surface area (Å²) >= 11 is 0. The Kier molecular flexibility index (Phi) is 2.96. The van der Waals surface area contributed by atoms with Crippen LogP contribution in [-0.4, -0.2) is 16.4 Å². The van der Waals surface area contributed by atoms with Gasteiger partial charge in [-0.05, 0) is 26.2 Å². The Morgan fingerprint density at radius 2 is 2.44 bits per heavy atom. The number of carbonyl (C=O) groups excluding carboxylic acids is 1. The van der Waals surface area contributed by atoms with Crippen LogP contribution in [0, 0.1) is 6.92 Å². The summed E-state index contributed by atoms with van der Waals surface area (Å²) in [5, 5.41) is 2.76. The van der Waals surface area contributed by atoms with Crippen LogP contribution in [-0.2, 0) is 11.3 Å². The Morgan fingerprint density at radius 3 is 2.94 bits per heavy atom. The van der Waals surface area contributed by atoms with Gasteiger partial charge in [-0.2, -0.15) is 0 Å². The second-order valence-corrected chi connectivity index (χ2v) is 4.53. The Morgan fingerprint density at radius 1 is 1.69 bits per heavy atom. The zero-order chi connectivity index (χ0) is 11.6. The SMILES string of the molecule is Cc1cnc(CNC(=O)CC2(N)CCC2)o1. The molecule has 1 saturated carbocycles. The van der Waals surface area contributed by atoms with Crippen LogP contribution >= 0.6 is 0 Å². The molecule has 0 bridgehead atoms. The summed E-state index contributed by atoms with van der Waals surface area (Å²) in [6.07, 6.45) is 5.05. The number of carbonyl (C=O) groups is 1. The van der Waals surface area contributed by atoms with Gasteiger partial charge in [-0.25, -0.2) is 4.98 Å². The highest BCUT2D eigenvalue weighted by molar-refractivity contribution is 5.77. The number of aromatic nitrogens is 1. The molecule has 0 atom stereocenters. The fourth-order valence-electron chi connectivity index (χ4n) is 1.85. The third-order valence-electron chi connectivity index (χ3n) is 2.97. The van der Waals surface area contributed by atoms with Crippen LogP contribution in [0.25, 0.3) is 0 Å². The fourth-order valence-corrected chi connectivity index (χ4v) is 1.85. The van der Waals surface area contributed by atoms with Gasteiger partial charge >= 0.3 is 0 Å². The van der Waals surface area contributed by atoms with Crippen molar-refractivity contribution in [1.82, 2.24) is 10.3 Å². The van der Waals surface area contributed by atoms with Crippen molar-refractivity contribution in [2.24, 2.45) is 5.73 Å². The van der Waals surface area contributed by atoms with E-state index in [1.165, 1.54) is 0 Å². The molecule has 5 nitrogen and oxygen atoms in total. The van der Waals surface area contributed by atoms with Gasteiger partial charge in [-0.15, -0.1) is 0 Å². The Balaban J connectivity index is 1.75. The van der Waals surface area contributed by atoms with Gasteiger partial charge in [0.2, 0.25) is 11.8 Å². The average Bonchev–Trinajstić information content (AvgIpc) is 2.59. The minimum Gasteiger partial charge on any atom is -0.444 e. The topological polar surface area (TPSA) is 81.2 Å². The molecule has 1 aromatic heterocycles. The van der Waals surface area contributed by atoms with Crippen LogP contribution < -0.4 is 11.1 Å². The molecule has 0 aromatic carbocycles. The van der Waals surface area contributed by atoms with Crippen LogP contribution in [0.15, 0.2) is 10.6 Å². The van der Waals surface area contributed by atoms with Crippen molar-refractivity contribution in [2.75, 3.05) is 0 Å². The lowest BCUT2D eigenvalue weighted by Gasteiger charge is -2.37. The number of aryl methyl sites for hydroxylation is 1. The highest BCUT2D eigenvalue weighted by Gasteiger charge is 2.34. The largest absolute Gasteiger partial charge is 0.444 e.